The predicted octanol–water partition coefficient (Wildman–Crippen LogP) is 1.27. The van der Waals surface area contributed by atoms with Gasteiger partial charge in [-0.05, 0) is 11.6 Å². The van der Waals surface area contributed by atoms with Crippen LogP contribution in [-0.4, -0.2) is 52.9 Å². The van der Waals surface area contributed by atoms with Crippen molar-refractivity contribution in [3.8, 4) is 16.9 Å². The van der Waals surface area contributed by atoms with Gasteiger partial charge < -0.3 is 14.7 Å². The minimum atomic E-state index is -0.911. The van der Waals surface area contributed by atoms with E-state index in [0.29, 0.717) is 11.3 Å². The normalized spacial score (nSPS) is 10.4. The molecule has 1 aromatic carbocycles. The third-order valence-corrected chi connectivity index (χ3v) is 3.39. The van der Waals surface area contributed by atoms with Crippen molar-refractivity contribution in [1.82, 2.24) is 14.7 Å². The Hall–Kier alpha value is -2.83. The van der Waals surface area contributed by atoms with Gasteiger partial charge in [0.25, 0.3) is 0 Å². The molecule has 0 aliphatic heterocycles. The summed E-state index contributed by atoms with van der Waals surface area (Å²) in [6.07, 6.45) is 3.33. The molecule has 1 heterocycles. The lowest BCUT2D eigenvalue weighted by atomic mass is 10.0. The van der Waals surface area contributed by atoms with E-state index in [2.05, 4.69) is 5.10 Å². The van der Waals surface area contributed by atoms with Crippen LogP contribution in [-0.2, 0) is 22.6 Å². The molecule has 0 saturated carbocycles. The second-order valence-electron chi connectivity index (χ2n) is 5.31. The van der Waals surface area contributed by atoms with E-state index in [1.807, 2.05) is 6.07 Å². The number of carboxylic acid groups (broad SMARTS) is 1. The maximum atomic E-state index is 11.7. The Bertz CT molecular complexity index is 722. The van der Waals surface area contributed by atoms with Gasteiger partial charge in [-0.15, -0.1) is 0 Å². The van der Waals surface area contributed by atoms with Crippen LogP contribution in [0.15, 0.2) is 30.6 Å². The Balaban J connectivity index is 2.23. The van der Waals surface area contributed by atoms with Crippen molar-refractivity contribution < 1.29 is 19.4 Å². The number of nitrogens with zero attached hydrogens (tertiary/aromatic N) is 3. The molecule has 1 aromatic heterocycles. The van der Waals surface area contributed by atoms with Crippen molar-refractivity contribution in [1.29, 1.82) is 0 Å². The van der Waals surface area contributed by atoms with E-state index in [1.165, 1.54) is 12.0 Å². The largest absolute Gasteiger partial charge is 0.496 e. The zero-order valence-corrected chi connectivity index (χ0v) is 13.3. The van der Waals surface area contributed by atoms with Crippen molar-refractivity contribution in [2.75, 3.05) is 21.2 Å². The zero-order chi connectivity index (χ0) is 17.0. The highest BCUT2D eigenvalue weighted by Gasteiger charge is 2.11. The molecule has 7 heteroatoms. The summed E-state index contributed by atoms with van der Waals surface area (Å²) in [7, 11) is 4.89. The van der Waals surface area contributed by atoms with Crippen molar-refractivity contribution in [2.45, 2.75) is 13.0 Å². The van der Waals surface area contributed by atoms with Crippen LogP contribution in [0.1, 0.15) is 5.56 Å². The number of aromatic nitrogens is 2. The highest BCUT2D eigenvalue weighted by molar-refractivity contribution is 5.76. The summed E-state index contributed by atoms with van der Waals surface area (Å²) in [5.41, 5.74) is 2.29. The molecule has 0 bridgehead atoms. The number of amides is 1. The predicted molar refractivity (Wildman–Crippen MR) is 84.2 cm³/mol. The molecule has 1 N–H and O–H groups in total. The zero-order valence-electron chi connectivity index (χ0n) is 13.3. The van der Waals surface area contributed by atoms with Crippen LogP contribution in [0.25, 0.3) is 11.1 Å². The minimum absolute atomic E-state index is 0.0472. The van der Waals surface area contributed by atoms with Gasteiger partial charge in [-0.2, -0.15) is 5.10 Å². The topological polar surface area (TPSA) is 84.7 Å². The lowest BCUT2D eigenvalue weighted by Crippen LogP contribution is -2.26. The van der Waals surface area contributed by atoms with Crippen LogP contribution in [0.2, 0.25) is 0 Å². The van der Waals surface area contributed by atoms with E-state index in [9.17, 15) is 9.59 Å². The SMILES string of the molecule is COc1cc(-c2cnn(CC(=O)N(C)C)c2)ccc1CC(=O)O. The molecule has 0 unspecified atom stereocenters. The van der Waals surface area contributed by atoms with E-state index in [4.69, 9.17) is 9.84 Å². The Morgan fingerprint density at radius 3 is 2.65 bits per heavy atom. The van der Waals surface area contributed by atoms with Gasteiger partial charge in [0.15, 0.2) is 0 Å². The van der Waals surface area contributed by atoms with Gasteiger partial charge in [0.2, 0.25) is 5.91 Å². The summed E-state index contributed by atoms with van der Waals surface area (Å²) in [4.78, 5) is 24.0. The van der Waals surface area contributed by atoms with E-state index in [0.717, 1.165) is 11.1 Å². The number of aliphatic carboxylic acids is 1. The molecule has 0 spiro atoms. The van der Waals surface area contributed by atoms with E-state index in [-0.39, 0.29) is 18.9 Å². The molecule has 1 amide bonds. The molecule has 122 valence electrons. The van der Waals surface area contributed by atoms with Crippen LogP contribution >= 0.6 is 0 Å². The second kappa shape index (κ2) is 6.95. The summed E-state index contributed by atoms with van der Waals surface area (Å²) >= 11 is 0. The van der Waals surface area contributed by atoms with Crippen LogP contribution in [0, 0.1) is 0 Å². The number of carboxylic acids is 1. The summed E-state index contributed by atoms with van der Waals surface area (Å²) in [6, 6.07) is 5.31. The molecule has 2 rings (SSSR count). The van der Waals surface area contributed by atoms with Gasteiger partial charge in [0.05, 0.1) is 19.7 Å². The number of benzene rings is 1. The van der Waals surface area contributed by atoms with Gasteiger partial charge in [0, 0.05) is 31.4 Å². The smallest absolute Gasteiger partial charge is 0.307 e. The van der Waals surface area contributed by atoms with Gasteiger partial charge in [-0.3, -0.25) is 14.3 Å². The van der Waals surface area contributed by atoms with Crippen LogP contribution in [0.5, 0.6) is 5.75 Å². The fourth-order valence-corrected chi connectivity index (χ4v) is 2.11. The first-order chi connectivity index (χ1) is 10.9. The van der Waals surface area contributed by atoms with Crippen molar-refractivity contribution in [3.63, 3.8) is 0 Å². The first kappa shape index (κ1) is 16.5. The lowest BCUT2D eigenvalue weighted by molar-refractivity contribution is -0.136. The molecule has 0 fully saturated rings. The molecule has 0 atom stereocenters. The molecule has 2 aromatic rings. The number of rotatable bonds is 6. The summed E-state index contributed by atoms with van der Waals surface area (Å²) < 4.78 is 6.82. The summed E-state index contributed by atoms with van der Waals surface area (Å²) in [6.45, 7) is 0.168. The molecule has 7 nitrogen and oxygen atoms in total. The second-order valence-corrected chi connectivity index (χ2v) is 5.31. The van der Waals surface area contributed by atoms with Crippen molar-refractivity contribution in [3.05, 3.63) is 36.2 Å². The Labute approximate surface area is 134 Å². The quantitative estimate of drug-likeness (QED) is 0.867. The van der Waals surface area contributed by atoms with Crippen LogP contribution in [0.3, 0.4) is 0 Å². The van der Waals surface area contributed by atoms with Gasteiger partial charge in [0.1, 0.15) is 12.3 Å². The molecular formula is C16H19N3O4. The highest BCUT2D eigenvalue weighted by Crippen LogP contribution is 2.27. The van der Waals surface area contributed by atoms with E-state index < -0.39 is 5.97 Å². The molecule has 0 saturated heterocycles. The summed E-state index contributed by atoms with van der Waals surface area (Å²) in [5, 5.41) is 13.1. The minimum Gasteiger partial charge on any atom is -0.496 e. The first-order valence-electron chi connectivity index (χ1n) is 7.02. The first-order valence-corrected chi connectivity index (χ1v) is 7.02. The average molecular weight is 317 g/mol. The Morgan fingerprint density at radius 1 is 1.30 bits per heavy atom. The number of carbonyl (C=O) groups is 2. The van der Waals surface area contributed by atoms with Crippen LogP contribution < -0.4 is 4.74 Å². The fourth-order valence-electron chi connectivity index (χ4n) is 2.11. The van der Waals surface area contributed by atoms with Gasteiger partial charge >= 0.3 is 5.97 Å². The maximum Gasteiger partial charge on any atom is 0.307 e. The van der Waals surface area contributed by atoms with Crippen LogP contribution in [0.4, 0.5) is 0 Å². The molecule has 0 aliphatic rings. The number of ether oxygens (including phenoxy) is 1. The van der Waals surface area contributed by atoms with Gasteiger partial charge in [-0.25, -0.2) is 0 Å². The van der Waals surface area contributed by atoms with Crippen molar-refractivity contribution >= 4 is 11.9 Å². The number of methoxy groups -OCH3 is 1. The number of likely N-dealkylation sites (N-methyl/N-ethyl adjacent to an activating group) is 1. The number of hydrogen-bond donors (Lipinski definition) is 1. The number of hydrogen-bond acceptors (Lipinski definition) is 4. The maximum absolute atomic E-state index is 11.7. The summed E-state index contributed by atoms with van der Waals surface area (Å²) in [5.74, 6) is -0.442. The molecule has 0 aliphatic carbocycles. The monoisotopic (exact) mass is 317 g/mol. The Morgan fingerprint density at radius 2 is 2.04 bits per heavy atom. The van der Waals surface area contributed by atoms with Crippen molar-refractivity contribution in [2.24, 2.45) is 0 Å². The Kier molecular flexibility index (Phi) is 5.00. The lowest BCUT2D eigenvalue weighted by Gasteiger charge is -2.10. The molecule has 0 radical (unpaired) electrons. The third-order valence-electron chi connectivity index (χ3n) is 3.39. The van der Waals surface area contributed by atoms with Gasteiger partial charge in [-0.1, -0.05) is 12.1 Å². The van der Waals surface area contributed by atoms with E-state index in [1.54, 1.807) is 43.3 Å². The standard InChI is InChI=1S/C16H19N3O4/c1-18(2)15(20)10-19-9-13(8-17-19)11-4-5-12(7-16(21)22)14(6-11)23-3/h4-6,8-9H,7,10H2,1-3H3,(H,21,22). The highest BCUT2D eigenvalue weighted by atomic mass is 16.5. The average Bonchev–Trinajstić information content (AvgIpc) is 2.95. The third kappa shape index (κ3) is 4.09. The molecular weight excluding hydrogens is 298 g/mol. The fraction of sp³-hybridized carbons (Fsp3) is 0.312. The molecule has 23 heavy (non-hydrogen) atoms. The van der Waals surface area contributed by atoms with E-state index >= 15 is 0 Å². The number of carbonyl (C=O) groups excluding carboxylic acids is 1.